The van der Waals surface area contributed by atoms with E-state index in [1.165, 1.54) is 23.8 Å². The fourth-order valence-electron chi connectivity index (χ4n) is 5.49. The van der Waals surface area contributed by atoms with Crippen molar-refractivity contribution in [1.82, 2.24) is 19.9 Å². The van der Waals surface area contributed by atoms with Crippen LogP contribution in [-0.2, 0) is 30.4 Å². The third-order valence-corrected chi connectivity index (χ3v) is 7.75. The summed E-state index contributed by atoms with van der Waals surface area (Å²) in [5.41, 5.74) is 4.74. The Hall–Kier alpha value is -4.63. The summed E-state index contributed by atoms with van der Waals surface area (Å²) in [6.45, 7) is 4.47. The quantitative estimate of drug-likeness (QED) is 0.212. The summed E-state index contributed by atoms with van der Waals surface area (Å²) in [6, 6.07) is 22.8. The highest BCUT2D eigenvalue weighted by atomic mass is 19.4. The summed E-state index contributed by atoms with van der Waals surface area (Å²) < 4.78 is 39.9. The second-order valence-corrected chi connectivity index (χ2v) is 10.8. The number of ketones is 1. The molecule has 5 aromatic rings. The highest BCUT2D eigenvalue weighted by Gasteiger charge is 2.33. The van der Waals surface area contributed by atoms with Crippen molar-refractivity contribution in [3.63, 3.8) is 0 Å². The van der Waals surface area contributed by atoms with Gasteiger partial charge in [-0.3, -0.25) is 19.7 Å². The lowest BCUT2D eigenvalue weighted by Gasteiger charge is -2.35. The minimum Gasteiger partial charge on any atom is -0.353 e. The molecule has 0 radical (unpaired) electrons. The van der Waals surface area contributed by atoms with Crippen LogP contribution in [-0.4, -0.2) is 51.8 Å². The lowest BCUT2D eigenvalue weighted by atomic mass is 9.97. The van der Waals surface area contributed by atoms with Gasteiger partial charge in [0.2, 0.25) is 0 Å². The van der Waals surface area contributed by atoms with Gasteiger partial charge in [-0.15, -0.1) is 0 Å². The smallest absolute Gasteiger partial charge is 0.353 e. The summed E-state index contributed by atoms with van der Waals surface area (Å²) in [5.74, 6) is 0.586. The number of pyridine rings is 1. The lowest BCUT2D eigenvalue weighted by Crippen LogP contribution is -2.46. The molecule has 0 amide bonds. The van der Waals surface area contributed by atoms with Crippen LogP contribution in [0.1, 0.15) is 22.3 Å². The summed E-state index contributed by atoms with van der Waals surface area (Å²) >= 11 is 0. The van der Waals surface area contributed by atoms with Crippen molar-refractivity contribution in [1.29, 1.82) is 0 Å². The van der Waals surface area contributed by atoms with E-state index in [1.54, 1.807) is 6.20 Å². The Balaban J connectivity index is 1.10. The molecule has 1 saturated heterocycles. The van der Waals surface area contributed by atoms with Gasteiger partial charge >= 0.3 is 6.18 Å². The first-order valence-corrected chi connectivity index (χ1v) is 14.2. The fourth-order valence-corrected chi connectivity index (χ4v) is 5.49. The van der Waals surface area contributed by atoms with E-state index in [0.717, 1.165) is 72.3 Å². The summed E-state index contributed by atoms with van der Waals surface area (Å²) in [5, 5.41) is 0. The highest BCUT2D eigenvalue weighted by molar-refractivity contribution is 5.84. The molecule has 218 valence electrons. The van der Waals surface area contributed by atoms with Crippen molar-refractivity contribution in [2.75, 3.05) is 31.1 Å². The van der Waals surface area contributed by atoms with E-state index in [2.05, 4.69) is 25.8 Å². The van der Waals surface area contributed by atoms with E-state index in [-0.39, 0.29) is 24.2 Å². The molecule has 3 heterocycles. The number of aromatic nitrogens is 3. The van der Waals surface area contributed by atoms with Crippen molar-refractivity contribution in [3.05, 3.63) is 120 Å². The maximum atomic E-state index is 13.3. The van der Waals surface area contributed by atoms with Gasteiger partial charge in [0.25, 0.3) is 0 Å². The van der Waals surface area contributed by atoms with Crippen molar-refractivity contribution in [2.24, 2.45) is 0 Å². The maximum absolute atomic E-state index is 13.3. The molecule has 0 aliphatic carbocycles. The first kappa shape index (κ1) is 28.5. The first-order valence-electron chi connectivity index (χ1n) is 14.2. The molecule has 6 rings (SSSR count). The van der Waals surface area contributed by atoms with Gasteiger partial charge in [-0.05, 0) is 52.1 Å². The van der Waals surface area contributed by atoms with E-state index in [1.807, 2.05) is 60.9 Å². The van der Waals surface area contributed by atoms with Gasteiger partial charge in [0, 0.05) is 58.0 Å². The van der Waals surface area contributed by atoms with Gasteiger partial charge in [-0.1, -0.05) is 54.6 Å². The molecule has 3 aromatic carbocycles. The Kier molecular flexibility index (Phi) is 8.16. The maximum Gasteiger partial charge on any atom is 0.416 e. The van der Waals surface area contributed by atoms with Crippen LogP contribution in [0.25, 0.3) is 22.2 Å². The van der Waals surface area contributed by atoms with Crippen LogP contribution in [0, 0.1) is 0 Å². The van der Waals surface area contributed by atoms with Gasteiger partial charge in [-0.2, -0.15) is 13.2 Å². The van der Waals surface area contributed by atoms with Crippen molar-refractivity contribution < 1.29 is 18.0 Å². The van der Waals surface area contributed by atoms with Crippen LogP contribution in [0.5, 0.6) is 0 Å². The van der Waals surface area contributed by atoms with Crippen LogP contribution in [0.2, 0.25) is 0 Å². The summed E-state index contributed by atoms with van der Waals surface area (Å²) in [6.07, 6.45) is 0.847. The zero-order valence-corrected chi connectivity index (χ0v) is 23.5. The number of carbonyl (C=O) groups excluding carboxylic acids is 1. The second-order valence-electron chi connectivity index (χ2n) is 10.8. The van der Waals surface area contributed by atoms with E-state index < -0.39 is 11.7 Å². The Morgan fingerprint density at radius 1 is 0.767 bits per heavy atom. The predicted molar refractivity (Wildman–Crippen MR) is 161 cm³/mol. The van der Waals surface area contributed by atoms with Crippen LogP contribution >= 0.6 is 0 Å². The van der Waals surface area contributed by atoms with Gasteiger partial charge in [0.1, 0.15) is 11.6 Å². The number of fused-ring (bicyclic) bond motifs is 1. The number of alkyl halides is 3. The van der Waals surface area contributed by atoms with Crippen LogP contribution in [0.3, 0.4) is 0 Å². The average molecular weight is 582 g/mol. The number of benzene rings is 3. The number of rotatable bonds is 8. The zero-order valence-electron chi connectivity index (χ0n) is 23.5. The summed E-state index contributed by atoms with van der Waals surface area (Å²) in [7, 11) is 0. The molecule has 1 aliphatic heterocycles. The third kappa shape index (κ3) is 6.89. The van der Waals surface area contributed by atoms with Gasteiger partial charge in [0.15, 0.2) is 0 Å². The molecule has 1 fully saturated rings. The molecule has 0 spiro atoms. The van der Waals surface area contributed by atoms with Crippen molar-refractivity contribution in [2.45, 2.75) is 25.6 Å². The SMILES string of the molecule is O=C(Cc1ccc(-c2ccc3ncc(N4CCN(Cc5cccnc5)CC4)nc3c2)cc1)Cc1ccccc1C(F)(F)F. The van der Waals surface area contributed by atoms with Crippen LogP contribution < -0.4 is 4.90 Å². The van der Waals surface area contributed by atoms with Gasteiger partial charge in [-0.25, -0.2) is 4.98 Å². The first-order chi connectivity index (χ1) is 20.8. The molecular formula is C34H30F3N5O. The molecule has 43 heavy (non-hydrogen) atoms. The van der Waals surface area contributed by atoms with Crippen LogP contribution in [0.4, 0.5) is 19.0 Å². The molecule has 0 saturated carbocycles. The van der Waals surface area contributed by atoms with Crippen molar-refractivity contribution in [3.8, 4) is 11.1 Å². The number of Topliss-reactive ketones (excluding diaryl/α,β-unsaturated/α-hetero) is 1. The number of hydrogen-bond acceptors (Lipinski definition) is 6. The lowest BCUT2D eigenvalue weighted by molar-refractivity contribution is -0.138. The fraction of sp³-hybridized carbons (Fsp3) is 0.235. The van der Waals surface area contributed by atoms with Crippen LogP contribution in [0.15, 0.2) is 97.5 Å². The normalized spacial score (nSPS) is 14.3. The van der Waals surface area contributed by atoms with Crippen molar-refractivity contribution >= 4 is 22.6 Å². The number of hydrogen-bond donors (Lipinski definition) is 0. The molecule has 1 aliphatic rings. The zero-order chi connectivity index (χ0) is 29.8. The topological polar surface area (TPSA) is 62.2 Å². The predicted octanol–water partition coefficient (Wildman–Crippen LogP) is 6.39. The van der Waals surface area contributed by atoms with E-state index in [0.29, 0.717) is 0 Å². The molecule has 6 nitrogen and oxygen atoms in total. The summed E-state index contributed by atoms with van der Waals surface area (Å²) in [4.78, 5) is 31.1. The van der Waals surface area contributed by atoms with E-state index in [4.69, 9.17) is 4.98 Å². The Morgan fingerprint density at radius 3 is 2.28 bits per heavy atom. The number of carbonyl (C=O) groups is 1. The number of anilines is 1. The minimum absolute atomic E-state index is 0.000113. The number of nitrogens with zero attached hydrogens (tertiary/aromatic N) is 5. The largest absolute Gasteiger partial charge is 0.416 e. The van der Waals surface area contributed by atoms with E-state index >= 15 is 0 Å². The Bertz CT molecular complexity index is 1720. The second kappa shape index (κ2) is 12.3. The standard InChI is InChI=1S/C34H30F3N5O/c35-34(36,37)30-6-2-1-5-28(30)19-29(43)18-24-7-9-26(10-8-24)27-11-12-31-32(20-27)40-33(22-39-31)42-16-14-41(15-17-42)23-25-4-3-13-38-21-25/h1-13,20-22H,14-19,23H2. The monoisotopic (exact) mass is 581 g/mol. The minimum atomic E-state index is -4.49. The molecule has 0 atom stereocenters. The highest BCUT2D eigenvalue weighted by Crippen LogP contribution is 2.32. The Morgan fingerprint density at radius 2 is 1.53 bits per heavy atom. The average Bonchev–Trinajstić information content (AvgIpc) is 3.01. The molecule has 9 heteroatoms. The molecular weight excluding hydrogens is 551 g/mol. The molecule has 2 aromatic heterocycles. The molecule has 0 unspecified atom stereocenters. The third-order valence-electron chi connectivity index (χ3n) is 7.75. The molecule has 0 bridgehead atoms. The van der Waals surface area contributed by atoms with E-state index in [9.17, 15) is 18.0 Å². The van der Waals surface area contributed by atoms with Gasteiger partial charge in [0.05, 0.1) is 22.8 Å². The van der Waals surface area contributed by atoms with Gasteiger partial charge < -0.3 is 4.90 Å². The number of piperazine rings is 1. The molecule has 0 N–H and O–H groups in total. The number of halogens is 3. The Labute approximate surface area is 247 Å².